The molecule has 2 aromatic carbocycles. The number of nitrogens with one attached hydrogen (secondary N) is 1. The first kappa shape index (κ1) is 23.2. The number of carbonyl (C=O) groups excluding carboxylic acids is 2. The minimum atomic E-state index is -0.240. The number of anilines is 1. The van der Waals surface area contributed by atoms with Crippen molar-refractivity contribution in [2.45, 2.75) is 32.1 Å². The summed E-state index contributed by atoms with van der Waals surface area (Å²) in [5, 5.41) is 3.76. The molecular weight excluding hydrogens is 439 g/mol. The summed E-state index contributed by atoms with van der Waals surface area (Å²) >= 11 is 12.3. The van der Waals surface area contributed by atoms with Gasteiger partial charge in [-0.25, -0.2) is 0 Å². The van der Waals surface area contributed by atoms with E-state index in [1.165, 1.54) is 14.2 Å². The fourth-order valence-corrected chi connectivity index (χ4v) is 4.04. The minimum Gasteiger partial charge on any atom is -0.493 e. The number of hydrogen-bond acceptors (Lipinski definition) is 4. The molecular formula is C23H26Cl2N2O4. The number of halogens is 2. The third-order valence-electron chi connectivity index (χ3n) is 5.32. The SMILES string of the molecule is COc1cc(NC(=O)CCc2cccc(Cl)c2Cl)c(C(=O)N2CCCCC2)cc1OC. The molecule has 0 bridgehead atoms. The molecule has 0 spiro atoms. The van der Waals surface area contributed by atoms with Gasteiger partial charge < -0.3 is 19.7 Å². The summed E-state index contributed by atoms with van der Waals surface area (Å²) in [4.78, 5) is 27.7. The number of methoxy groups -OCH3 is 2. The van der Waals surface area contributed by atoms with Gasteiger partial charge in [0.15, 0.2) is 11.5 Å². The maximum absolute atomic E-state index is 13.2. The molecule has 0 saturated carbocycles. The molecule has 3 rings (SSSR count). The van der Waals surface area contributed by atoms with Gasteiger partial charge in [-0.3, -0.25) is 9.59 Å². The topological polar surface area (TPSA) is 67.9 Å². The van der Waals surface area contributed by atoms with Crippen molar-refractivity contribution in [3.05, 3.63) is 51.5 Å². The van der Waals surface area contributed by atoms with Gasteiger partial charge >= 0.3 is 0 Å². The standard InChI is InChI=1S/C23H26Cl2N2O4/c1-30-19-13-16(23(29)27-11-4-3-5-12-27)18(14-20(19)31-2)26-21(28)10-9-15-7-6-8-17(24)22(15)25/h6-8,13-14H,3-5,9-12H2,1-2H3,(H,26,28). The fourth-order valence-electron chi connectivity index (χ4n) is 3.63. The van der Waals surface area contributed by atoms with Crippen molar-refractivity contribution in [2.24, 2.45) is 0 Å². The van der Waals surface area contributed by atoms with Crippen LogP contribution in [0.5, 0.6) is 11.5 Å². The lowest BCUT2D eigenvalue weighted by Gasteiger charge is -2.28. The zero-order valence-corrected chi connectivity index (χ0v) is 19.2. The molecule has 166 valence electrons. The van der Waals surface area contributed by atoms with E-state index in [1.54, 1.807) is 24.3 Å². The van der Waals surface area contributed by atoms with Crippen molar-refractivity contribution in [3.63, 3.8) is 0 Å². The number of carbonyl (C=O) groups is 2. The first-order valence-electron chi connectivity index (χ1n) is 10.2. The van der Waals surface area contributed by atoms with E-state index in [-0.39, 0.29) is 18.2 Å². The van der Waals surface area contributed by atoms with Crippen LogP contribution in [0.25, 0.3) is 0 Å². The van der Waals surface area contributed by atoms with Gasteiger partial charge in [-0.2, -0.15) is 0 Å². The molecule has 0 radical (unpaired) electrons. The van der Waals surface area contributed by atoms with Crippen LogP contribution in [0.15, 0.2) is 30.3 Å². The average Bonchev–Trinajstić information content (AvgIpc) is 2.79. The molecule has 2 amide bonds. The van der Waals surface area contributed by atoms with Crippen molar-refractivity contribution in [1.82, 2.24) is 4.90 Å². The fraction of sp³-hybridized carbons (Fsp3) is 0.391. The molecule has 0 aromatic heterocycles. The van der Waals surface area contributed by atoms with Crippen LogP contribution < -0.4 is 14.8 Å². The second-order valence-corrected chi connectivity index (χ2v) is 8.15. The number of rotatable bonds is 7. The predicted octanol–water partition coefficient (Wildman–Crippen LogP) is 5.21. The van der Waals surface area contributed by atoms with Crippen LogP contribution in [0.2, 0.25) is 10.0 Å². The van der Waals surface area contributed by atoms with Gasteiger partial charge in [-0.15, -0.1) is 0 Å². The Labute approximate surface area is 192 Å². The van der Waals surface area contributed by atoms with Gasteiger partial charge in [-0.05, 0) is 43.4 Å². The van der Waals surface area contributed by atoms with Gasteiger partial charge in [0.05, 0.1) is 35.5 Å². The second kappa shape index (κ2) is 10.7. The van der Waals surface area contributed by atoms with E-state index >= 15 is 0 Å². The highest BCUT2D eigenvalue weighted by Crippen LogP contribution is 2.34. The summed E-state index contributed by atoms with van der Waals surface area (Å²) < 4.78 is 10.7. The maximum Gasteiger partial charge on any atom is 0.256 e. The van der Waals surface area contributed by atoms with Crippen molar-refractivity contribution < 1.29 is 19.1 Å². The quantitative estimate of drug-likeness (QED) is 0.610. The highest BCUT2D eigenvalue weighted by atomic mass is 35.5. The Bertz CT molecular complexity index is 959. The number of likely N-dealkylation sites (tertiary alicyclic amines) is 1. The van der Waals surface area contributed by atoms with Crippen LogP contribution in [0.1, 0.15) is 41.6 Å². The molecule has 0 atom stereocenters. The summed E-state index contributed by atoms with van der Waals surface area (Å²) in [5.41, 5.74) is 1.57. The largest absolute Gasteiger partial charge is 0.493 e. The number of piperidine rings is 1. The molecule has 0 aliphatic carbocycles. The third kappa shape index (κ3) is 5.63. The Balaban J connectivity index is 1.81. The van der Waals surface area contributed by atoms with E-state index in [4.69, 9.17) is 32.7 Å². The van der Waals surface area contributed by atoms with Gasteiger partial charge in [0, 0.05) is 25.6 Å². The number of benzene rings is 2. The third-order valence-corrected chi connectivity index (χ3v) is 6.18. The number of amides is 2. The number of hydrogen-bond donors (Lipinski definition) is 1. The molecule has 0 unspecified atom stereocenters. The molecule has 8 heteroatoms. The monoisotopic (exact) mass is 464 g/mol. The van der Waals surface area contributed by atoms with Crippen LogP contribution in [-0.2, 0) is 11.2 Å². The molecule has 6 nitrogen and oxygen atoms in total. The Morgan fingerprint density at radius 3 is 2.39 bits per heavy atom. The highest BCUT2D eigenvalue weighted by molar-refractivity contribution is 6.42. The lowest BCUT2D eigenvalue weighted by atomic mass is 10.1. The average molecular weight is 465 g/mol. The number of nitrogens with zero attached hydrogens (tertiary/aromatic N) is 1. The normalized spacial score (nSPS) is 13.6. The Morgan fingerprint density at radius 2 is 1.71 bits per heavy atom. The van der Waals surface area contributed by atoms with Gasteiger partial charge in [0.25, 0.3) is 5.91 Å². The molecule has 1 aliphatic heterocycles. The molecule has 2 aromatic rings. The zero-order valence-electron chi connectivity index (χ0n) is 17.7. The van der Waals surface area contributed by atoms with Crippen LogP contribution >= 0.6 is 23.2 Å². The van der Waals surface area contributed by atoms with Crippen molar-refractivity contribution in [1.29, 1.82) is 0 Å². The van der Waals surface area contributed by atoms with E-state index in [0.29, 0.717) is 52.3 Å². The van der Waals surface area contributed by atoms with E-state index < -0.39 is 0 Å². The molecule has 1 N–H and O–H groups in total. The summed E-state index contributed by atoms with van der Waals surface area (Å²) in [6.07, 6.45) is 3.67. The zero-order chi connectivity index (χ0) is 22.4. The summed E-state index contributed by atoms with van der Waals surface area (Å²) in [6, 6.07) is 8.59. The van der Waals surface area contributed by atoms with Crippen LogP contribution in [0, 0.1) is 0 Å². The van der Waals surface area contributed by atoms with Crippen molar-refractivity contribution in [2.75, 3.05) is 32.6 Å². The summed E-state index contributed by atoms with van der Waals surface area (Å²) in [7, 11) is 3.02. The predicted molar refractivity (Wildman–Crippen MR) is 123 cm³/mol. The lowest BCUT2D eigenvalue weighted by Crippen LogP contribution is -2.36. The van der Waals surface area contributed by atoms with Gasteiger partial charge in [-0.1, -0.05) is 35.3 Å². The van der Waals surface area contributed by atoms with Crippen LogP contribution in [0.3, 0.4) is 0 Å². The van der Waals surface area contributed by atoms with Crippen LogP contribution in [-0.4, -0.2) is 44.0 Å². The summed E-state index contributed by atoms with van der Waals surface area (Å²) in [5.74, 6) is 0.502. The van der Waals surface area contributed by atoms with Crippen molar-refractivity contribution >= 4 is 40.7 Å². The number of aryl methyl sites for hydroxylation is 1. The molecule has 31 heavy (non-hydrogen) atoms. The smallest absolute Gasteiger partial charge is 0.256 e. The van der Waals surface area contributed by atoms with Gasteiger partial charge in [0.1, 0.15) is 0 Å². The Kier molecular flexibility index (Phi) is 8.04. The second-order valence-electron chi connectivity index (χ2n) is 7.37. The van der Waals surface area contributed by atoms with Crippen LogP contribution in [0.4, 0.5) is 5.69 Å². The first-order valence-corrected chi connectivity index (χ1v) is 11.0. The minimum absolute atomic E-state index is 0.131. The van der Waals surface area contributed by atoms with Crippen molar-refractivity contribution in [3.8, 4) is 11.5 Å². The van der Waals surface area contributed by atoms with E-state index in [9.17, 15) is 9.59 Å². The first-order chi connectivity index (χ1) is 14.9. The highest BCUT2D eigenvalue weighted by Gasteiger charge is 2.24. The van der Waals surface area contributed by atoms with E-state index in [1.807, 2.05) is 11.0 Å². The lowest BCUT2D eigenvalue weighted by molar-refractivity contribution is -0.116. The molecule has 1 fully saturated rings. The van der Waals surface area contributed by atoms with Gasteiger partial charge in [0.2, 0.25) is 5.91 Å². The number of ether oxygens (including phenoxy) is 2. The molecule has 1 saturated heterocycles. The van der Waals surface area contributed by atoms with E-state index in [2.05, 4.69) is 5.32 Å². The Morgan fingerprint density at radius 1 is 1.03 bits per heavy atom. The van der Waals surface area contributed by atoms with E-state index in [0.717, 1.165) is 24.8 Å². The maximum atomic E-state index is 13.2. The molecule has 1 heterocycles. The summed E-state index contributed by atoms with van der Waals surface area (Å²) in [6.45, 7) is 1.40. The molecule has 1 aliphatic rings. The Hall–Kier alpha value is -2.44.